The maximum atomic E-state index is 14.5. The molecule has 1 N–H and O–H groups in total. The van der Waals surface area contributed by atoms with Gasteiger partial charge >= 0.3 is 6.18 Å². The Morgan fingerprint density at radius 3 is 2.30 bits per heavy atom. The summed E-state index contributed by atoms with van der Waals surface area (Å²) in [6.45, 7) is 4.18. The average molecular weight is 516 g/mol. The van der Waals surface area contributed by atoms with Crippen LogP contribution in [0, 0.1) is 17.0 Å². The monoisotopic (exact) mass is 515 g/mol. The number of nitrogens with zero attached hydrogens (tertiary/aromatic N) is 1. The molecule has 5 rings (SSSR count). The van der Waals surface area contributed by atoms with Crippen molar-refractivity contribution in [3.05, 3.63) is 87.7 Å². The third-order valence-corrected chi connectivity index (χ3v) is 7.77. The van der Waals surface area contributed by atoms with Crippen LogP contribution in [0.3, 0.4) is 0 Å². The van der Waals surface area contributed by atoms with Crippen LogP contribution in [0.4, 0.5) is 22.0 Å². The fourth-order valence-corrected chi connectivity index (χ4v) is 6.12. The van der Waals surface area contributed by atoms with Crippen LogP contribution in [0.1, 0.15) is 91.6 Å². The van der Waals surface area contributed by atoms with Gasteiger partial charge < -0.3 is 5.11 Å². The van der Waals surface area contributed by atoms with Crippen molar-refractivity contribution in [2.24, 2.45) is 5.41 Å². The first kappa shape index (κ1) is 25.8. The summed E-state index contributed by atoms with van der Waals surface area (Å²) < 4.78 is 67.9. The fraction of sp³-hybridized carbons (Fsp3) is 0.433. The average Bonchev–Trinajstić information content (AvgIpc) is 3.33. The van der Waals surface area contributed by atoms with Gasteiger partial charge in [0, 0.05) is 22.9 Å². The van der Waals surface area contributed by atoms with Gasteiger partial charge in [0.2, 0.25) is 0 Å². The molecule has 2 aliphatic rings. The standard InChI is InChI=1S/C30H30F5NO/c1-29(2)15-24-27(25(37)16-29)26(18-8-10-20(31)11-9-18)21(28(36-24)19-5-3-4-6-19)13-17-7-12-22(23(32)14-17)30(33,34)35/h7-12,14,19,25,37H,3-6,13,15-16H2,1-2H3. The van der Waals surface area contributed by atoms with Gasteiger partial charge in [0.15, 0.2) is 0 Å². The lowest BCUT2D eigenvalue weighted by molar-refractivity contribution is -0.140. The van der Waals surface area contributed by atoms with E-state index in [9.17, 15) is 27.1 Å². The number of fused-ring (bicyclic) bond motifs is 1. The van der Waals surface area contributed by atoms with Gasteiger partial charge in [0.25, 0.3) is 0 Å². The van der Waals surface area contributed by atoms with E-state index in [0.29, 0.717) is 29.5 Å². The quantitative estimate of drug-likeness (QED) is 0.355. The van der Waals surface area contributed by atoms with Crippen LogP contribution < -0.4 is 0 Å². The van der Waals surface area contributed by atoms with E-state index >= 15 is 0 Å². The highest BCUT2D eigenvalue weighted by Crippen LogP contribution is 2.48. The minimum absolute atomic E-state index is 0.157. The van der Waals surface area contributed by atoms with Gasteiger partial charge in [-0.3, -0.25) is 4.98 Å². The van der Waals surface area contributed by atoms with Gasteiger partial charge in [0.1, 0.15) is 11.6 Å². The van der Waals surface area contributed by atoms with Crippen molar-refractivity contribution in [1.82, 2.24) is 4.98 Å². The Hall–Kier alpha value is -2.80. The van der Waals surface area contributed by atoms with Crippen molar-refractivity contribution in [3.8, 4) is 11.1 Å². The lowest BCUT2D eigenvalue weighted by Gasteiger charge is -2.37. The molecule has 0 bridgehead atoms. The summed E-state index contributed by atoms with van der Waals surface area (Å²) in [4.78, 5) is 5.11. The Morgan fingerprint density at radius 2 is 1.68 bits per heavy atom. The first-order valence-electron chi connectivity index (χ1n) is 12.8. The zero-order chi connectivity index (χ0) is 26.5. The van der Waals surface area contributed by atoms with Gasteiger partial charge in [-0.05, 0) is 84.0 Å². The number of halogens is 5. The molecule has 7 heteroatoms. The molecule has 0 spiro atoms. The molecule has 1 unspecified atom stereocenters. The molecule has 0 saturated heterocycles. The van der Waals surface area contributed by atoms with E-state index < -0.39 is 29.5 Å². The fourth-order valence-electron chi connectivity index (χ4n) is 6.12. The first-order valence-corrected chi connectivity index (χ1v) is 12.8. The lowest BCUT2D eigenvalue weighted by Crippen LogP contribution is -2.28. The Labute approximate surface area is 213 Å². The molecular weight excluding hydrogens is 485 g/mol. The van der Waals surface area contributed by atoms with Gasteiger partial charge in [-0.15, -0.1) is 0 Å². The van der Waals surface area contributed by atoms with Crippen LogP contribution in [0.15, 0.2) is 42.5 Å². The number of aliphatic hydroxyl groups is 1. The molecule has 37 heavy (non-hydrogen) atoms. The summed E-state index contributed by atoms with van der Waals surface area (Å²) in [5, 5.41) is 11.3. The van der Waals surface area contributed by atoms with Crippen molar-refractivity contribution < 1.29 is 27.1 Å². The predicted octanol–water partition coefficient (Wildman–Crippen LogP) is 8.30. The molecular formula is C30H30F5NO. The Bertz CT molecular complexity index is 1310. The summed E-state index contributed by atoms with van der Waals surface area (Å²) in [5.41, 5.74) is 3.52. The summed E-state index contributed by atoms with van der Waals surface area (Å²) in [5.74, 6) is -1.54. The maximum Gasteiger partial charge on any atom is 0.419 e. The molecule has 1 heterocycles. The third-order valence-electron chi connectivity index (χ3n) is 7.77. The molecule has 0 amide bonds. The first-order chi connectivity index (χ1) is 17.4. The van der Waals surface area contributed by atoms with E-state index in [1.165, 1.54) is 18.2 Å². The molecule has 1 atom stereocenters. The molecule has 2 aliphatic carbocycles. The lowest BCUT2D eigenvalue weighted by atomic mass is 9.71. The van der Waals surface area contributed by atoms with E-state index in [1.54, 1.807) is 12.1 Å². The topological polar surface area (TPSA) is 33.1 Å². The minimum Gasteiger partial charge on any atom is -0.388 e. The SMILES string of the molecule is CC1(C)Cc2nc(C3CCCC3)c(Cc3ccc(C(F)(F)F)c(F)c3)c(-c3ccc(F)cc3)c2C(O)C1. The molecule has 2 nitrogen and oxygen atoms in total. The number of benzene rings is 2. The predicted molar refractivity (Wildman–Crippen MR) is 132 cm³/mol. The molecule has 2 aromatic carbocycles. The molecule has 0 radical (unpaired) electrons. The molecule has 196 valence electrons. The number of rotatable bonds is 4. The zero-order valence-electron chi connectivity index (χ0n) is 20.9. The molecule has 1 aromatic heterocycles. The van der Waals surface area contributed by atoms with Crippen molar-refractivity contribution in [2.45, 2.75) is 77.0 Å². The highest BCUT2D eigenvalue weighted by atomic mass is 19.4. The molecule has 1 saturated carbocycles. The van der Waals surface area contributed by atoms with Crippen LogP contribution >= 0.6 is 0 Å². The van der Waals surface area contributed by atoms with Gasteiger partial charge in [-0.2, -0.15) is 13.2 Å². The van der Waals surface area contributed by atoms with Gasteiger partial charge in [-0.25, -0.2) is 8.78 Å². The van der Waals surface area contributed by atoms with Crippen molar-refractivity contribution >= 4 is 0 Å². The second-order valence-corrected chi connectivity index (χ2v) is 11.2. The number of aromatic nitrogens is 1. The number of alkyl halides is 3. The molecule has 3 aromatic rings. The van der Waals surface area contributed by atoms with Crippen molar-refractivity contribution in [3.63, 3.8) is 0 Å². The highest BCUT2D eigenvalue weighted by Gasteiger charge is 2.38. The largest absolute Gasteiger partial charge is 0.419 e. The number of hydrogen-bond acceptors (Lipinski definition) is 2. The van der Waals surface area contributed by atoms with E-state index in [0.717, 1.165) is 60.3 Å². The van der Waals surface area contributed by atoms with E-state index in [1.807, 2.05) is 0 Å². The summed E-state index contributed by atoms with van der Waals surface area (Å²) in [6.07, 6.45) is -0.243. The Balaban J connectivity index is 1.74. The maximum absolute atomic E-state index is 14.5. The Morgan fingerprint density at radius 1 is 1.00 bits per heavy atom. The van der Waals surface area contributed by atoms with Crippen molar-refractivity contribution in [2.75, 3.05) is 0 Å². The van der Waals surface area contributed by atoms with Crippen LogP contribution in [0.2, 0.25) is 0 Å². The highest BCUT2D eigenvalue weighted by molar-refractivity contribution is 5.74. The number of hydrogen-bond donors (Lipinski definition) is 1. The third kappa shape index (κ3) is 5.15. The molecule has 1 fully saturated rings. The van der Waals surface area contributed by atoms with E-state index in [-0.39, 0.29) is 17.8 Å². The second-order valence-electron chi connectivity index (χ2n) is 11.2. The number of pyridine rings is 1. The van der Waals surface area contributed by atoms with Crippen LogP contribution in [0.5, 0.6) is 0 Å². The second kappa shape index (κ2) is 9.50. The van der Waals surface area contributed by atoms with Crippen LogP contribution in [0.25, 0.3) is 11.1 Å². The summed E-state index contributed by atoms with van der Waals surface area (Å²) >= 11 is 0. The van der Waals surface area contributed by atoms with Gasteiger partial charge in [-0.1, -0.05) is 44.9 Å². The molecule has 0 aliphatic heterocycles. The summed E-state index contributed by atoms with van der Waals surface area (Å²) in [6, 6.07) is 9.06. The number of aliphatic hydroxyl groups excluding tert-OH is 1. The van der Waals surface area contributed by atoms with E-state index in [4.69, 9.17) is 4.98 Å². The van der Waals surface area contributed by atoms with E-state index in [2.05, 4.69) is 13.8 Å². The van der Waals surface area contributed by atoms with Crippen LogP contribution in [-0.4, -0.2) is 10.1 Å². The normalized spacial score (nSPS) is 19.7. The zero-order valence-corrected chi connectivity index (χ0v) is 20.9. The van der Waals surface area contributed by atoms with Crippen molar-refractivity contribution in [1.29, 1.82) is 0 Å². The summed E-state index contributed by atoms with van der Waals surface area (Å²) in [7, 11) is 0. The smallest absolute Gasteiger partial charge is 0.388 e. The Kier molecular flexibility index (Phi) is 6.63. The van der Waals surface area contributed by atoms with Gasteiger partial charge in [0.05, 0.1) is 11.7 Å². The minimum atomic E-state index is -4.78. The van der Waals surface area contributed by atoms with Crippen LogP contribution in [-0.2, 0) is 19.0 Å².